The largest absolute Gasteiger partial charge is 0.477 e. The minimum Gasteiger partial charge on any atom is -0.477 e. The summed E-state index contributed by atoms with van der Waals surface area (Å²) >= 11 is 7.51. The minimum absolute atomic E-state index is 0.170. The molecule has 1 saturated heterocycles. The van der Waals surface area contributed by atoms with Crippen LogP contribution in [0.4, 0.5) is 0 Å². The summed E-state index contributed by atoms with van der Waals surface area (Å²) in [6.07, 6.45) is 3.12. The zero-order chi connectivity index (χ0) is 23.0. The Morgan fingerprint density at radius 3 is 2.66 bits per heavy atom. The Labute approximate surface area is 194 Å². The van der Waals surface area contributed by atoms with Crippen LogP contribution in [-0.4, -0.2) is 57.5 Å². The van der Waals surface area contributed by atoms with Crippen molar-refractivity contribution < 1.29 is 29.0 Å². The monoisotopic (exact) mass is 478 g/mol. The Morgan fingerprint density at radius 2 is 2.03 bits per heavy atom. The van der Waals surface area contributed by atoms with Crippen molar-refractivity contribution in [3.8, 4) is 0 Å². The highest BCUT2D eigenvalue weighted by Gasteiger charge is 2.56. The van der Waals surface area contributed by atoms with Gasteiger partial charge in [-0.05, 0) is 30.5 Å². The van der Waals surface area contributed by atoms with E-state index >= 15 is 0 Å². The van der Waals surface area contributed by atoms with Crippen molar-refractivity contribution >= 4 is 47.1 Å². The number of carboxylic acids is 1. The standard InChI is InChI=1S/C22H23ClN2O6S/c1-12(26)31-10-13-11-32-19-16(18(27)25(19)17(13)20(28)29)24-21(30)22(7-2-3-8-22)14-5-4-6-15(23)9-14/h4-6,9,16,19H,2-3,7-8,10-11H2,1H3,(H,24,30)(H,28,29)/t16-,19-/m1/s1. The number of nitrogens with zero attached hydrogens (tertiary/aromatic N) is 1. The maximum absolute atomic E-state index is 13.4. The second-order valence-corrected chi connectivity index (χ2v) is 9.74. The van der Waals surface area contributed by atoms with E-state index < -0.39 is 34.7 Å². The van der Waals surface area contributed by atoms with Crippen molar-refractivity contribution in [1.82, 2.24) is 10.2 Å². The normalized spacial score (nSPS) is 23.9. The van der Waals surface area contributed by atoms with E-state index in [0.717, 1.165) is 18.4 Å². The number of carbonyl (C=O) groups excluding carboxylic acids is 3. The molecule has 1 saturated carbocycles. The molecular formula is C22H23ClN2O6S. The fourth-order valence-electron chi connectivity index (χ4n) is 4.67. The van der Waals surface area contributed by atoms with Gasteiger partial charge in [0.05, 0.1) is 5.41 Å². The van der Waals surface area contributed by atoms with Gasteiger partial charge in [0.2, 0.25) is 5.91 Å². The van der Waals surface area contributed by atoms with Crippen molar-refractivity contribution in [3.05, 3.63) is 46.1 Å². The molecule has 1 aromatic carbocycles. The summed E-state index contributed by atoms with van der Waals surface area (Å²) in [6, 6.07) is 6.43. The van der Waals surface area contributed by atoms with E-state index in [9.17, 15) is 24.3 Å². The van der Waals surface area contributed by atoms with Crippen molar-refractivity contribution in [3.63, 3.8) is 0 Å². The van der Waals surface area contributed by atoms with Crippen LogP contribution in [-0.2, 0) is 29.3 Å². The molecule has 1 aliphatic carbocycles. The molecule has 0 aromatic heterocycles. The fraction of sp³-hybridized carbons (Fsp3) is 0.455. The maximum atomic E-state index is 13.4. The molecule has 170 valence electrons. The van der Waals surface area contributed by atoms with Crippen LogP contribution in [0, 0.1) is 0 Å². The summed E-state index contributed by atoms with van der Waals surface area (Å²) in [4.78, 5) is 50.5. The molecule has 2 heterocycles. The number of nitrogens with one attached hydrogen (secondary N) is 1. The summed E-state index contributed by atoms with van der Waals surface area (Å²) in [5, 5.41) is 12.6. The fourth-order valence-corrected chi connectivity index (χ4v) is 6.19. The summed E-state index contributed by atoms with van der Waals surface area (Å²) < 4.78 is 4.94. The van der Waals surface area contributed by atoms with Gasteiger partial charge in [-0.15, -0.1) is 11.8 Å². The number of aliphatic carboxylic acids is 1. The molecule has 0 radical (unpaired) electrons. The molecule has 0 spiro atoms. The van der Waals surface area contributed by atoms with Gasteiger partial charge in [-0.25, -0.2) is 4.79 Å². The quantitative estimate of drug-likeness (QED) is 0.477. The molecule has 2 N–H and O–H groups in total. The SMILES string of the molecule is CC(=O)OCC1=C(C(=O)O)N2C(=O)[C@@H](NC(=O)C3(c4cccc(Cl)c4)CCCC3)[C@H]2SC1. The molecule has 3 aliphatic rings. The zero-order valence-corrected chi connectivity index (χ0v) is 19.0. The van der Waals surface area contributed by atoms with Gasteiger partial charge in [0.25, 0.3) is 5.91 Å². The van der Waals surface area contributed by atoms with Gasteiger partial charge >= 0.3 is 11.9 Å². The zero-order valence-electron chi connectivity index (χ0n) is 17.4. The number of fused-ring (bicyclic) bond motifs is 1. The Kier molecular flexibility index (Phi) is 6.22. The third-order valence-corrected chi connectivity index (χ3v) is 7.83. The van der Waals surface area contributed by atoms with Crippen LogP contribution in [0.5, 0.6) is 0 Å². The number of esters is 1. The Hall–Kier alpha value is -2.52. The number of halogens is 1. The lowest BCUT2D eigenvalue weighted by Crippen LogP contribution is -2.71. The Bertz CT molecular complexity index is 1020. The second kappa shape index (κ2) is 8.78. The number of hydrogen-bond acceptors (Lipinski definition) is 6. The molecule has 4 rings (SSSR count). The highest BCUT2D eigenvalue weighted by Crippen LogP contribution is 2.44. The van der Waals surface area contributed by atoms with Crippen LogP contribution in [0.15, 0.2) is 35.5 Å². The third-order valence-electron chi connectivity index (χ3n) is 6.26. The lowest BCUT2D eigenvalue weighted by Gasteiger charge is -2.50. The van der Waals surface area contributed by atoms with Gasteiger partial charge in [-0.3, -0.25) is 19.3 Å². The summed E-state index contributed by atoms with van der Waals surface area (Å²) in [7, 11) is 0. The average Bonchev–Trinajstić information content (AvgIpc) is 3.26. The number of hydrogen-bond donors (Lipinski definition) is 2. The number of carbonyl (C=O) groups is 4. The van der Waals surface area contributed by atoms with Crippen LogP contribution in [0.1, 0.15) is 38.2 Å². The summed E-state index contributed by atoms with van der Waals surface area (Å²) in [5.41, 5.74) is 0.264. The molecule has 10 heteroatoms. The van der Waals surface area contributed by atoms with Gasteiger partial charge < -0.3 is 15.2 Å². The highest BCUT2D eigenvalue weighted by atomic mass is 35.5. The molecule has 0 bridgehead atoms. The smallest absolute Gasteiger partial charge is 0.352 e. The molecule has 0 unspecified atom stereocenters. The predicted octanol–water partition coefficient (Wildman–Crippen LogP) is 2.45. The van der Waals surface area contributed by atoms with Crippen LogP contribution >= 0.6 is 23.4 Å². The van der Waals surface area contributed by atoms with Crippen LogP contribution in [0.2, 0.25) is 5.02 Å². The van der Waals surface area contributed by atoms with Crippen LogP contribution in [0.25, 0.3) is 0 Å². The number of amides is 2. The van der Waals surface area contributed by atoms with Crippen molar-refractivity contribution in [2.45, 2.75) is 49.4 Å². The molecular weight excluding hydrogens is 456 g/mol. The topological polar surface area (TPSA) is 113 Å². The van der Waals surface area contributed by atoms with E-state index in [1.54, 1.807) is 12.1 Å². The van der Waals surface area contributed by atoms with Gasteiger partial charge in [-0.1, -0.05) is 36.6 Å². The number of rotatable bonds is 6. The Balaban J connectivity index is 1.54. The minimum atomic E-state index is -1.26. The van der Waals surface area contributed by atoms with E-state index in [1.165, 1.54) is 23.6 Å². The molecule has 2 atom stereocenters. The first kappa shape index (κ1) is 22.7. The van der Waals surface area contributed by atoms with Gasteiger partial charge in [0, 0.05) is 23.3 Å². The van der Waals surface area contributed by atoms with Crippen LogP contribution in [0.3, 0.4) is 0 Å². The second-order valence-electron chi connectivity index (χ2n) is 8.20. The highest BCUT2D eigenvalue weighted by molar-refractivity contribution is 8.00. The molecule has 2 aliphatic heterocycles. The van der Waals surface area contributed by atoms with Crippen molar-refractivity contribution in [1.29, 1.82) is 0 Å². The lowest BCUT2D eigenvalue weighted by atomic mass is 9.77. The van der Waals surface area contributed by atoms with Gasteiger partial charge in [0.15, 0.2) is 0 Å². The number of thioether (sulfide) groups is 1. The van der Waals surface area contributed by atoms with Crippen molar-refractivity contribution in [2.75, 3.05) is 12.4 Å². The van der Waals surface area contributed by atoms with Crippen LogP contribution < -0.4 is 5.32 Å². The lowest BCUT2D eigenvalue weighted by molar-refractivity contribution is -0.151. The summed E-state index contributed by atoms with van der Waals surface area (Å²) in [5.74, 6) is -2.22. The molecule has 32 heavy (non-hydrogen) atoms. The molecule has 1 aromatic rings. The third kappa shape index (κ3) is 3.88. The first-order valence-electron chi connectivity index (χ1n) is 10.3. The maximum Gasteiger partial charge on any atom is 0.352 e. The van der Waals surface area contributed by atoms with Gasteiger partial charge in [0.1, 0.15) is 23.7 Å². The molecule has 8 nitrogen and oxygen atoms in total. The molecule has 2 fully saturated rings. The van der Waals surface area contributed by atoms with E-state index in [-0.39, 0.29) is 24.0 Å². The Morgan fingerprint density at radius 1 is 1.31 bits per heavy atom. The number of ether oxygens (including phenoxy) is 1. The average molecular weight is 479 g/mol. The predicted molar refractivity (Wildman–Crippen MR) is 118 cm³/mol. The van der Waals surface area contributed by atoms with E-state index in [4.69, 9.17) is 16.3 Å². The van der Waals surface area contributed by atoms with Gasteiger partial charge in [-0.2, -0.15) is 0 Å². The first-order valence-corrected chi connectivity index (χ1v) is 11.8. The van der Waals surface area contributed by atoms with Crippen molar-refractivity contribution in [2.24, 2.45) is 0 Å². The molecule has 2 amide bonds. The summed E-state index contributed by atoms with van der Waals surface area (Å²) in [6.45, 7) is 1.05. The van der Waals surface area contributed by atoms with E-state index in [2.05, 4.69) is 5.32 Å². The number of benzene rings is 1. The van der Waals surface area contributed by atoms with E-state index in [0.29, 0.717) is 23.4 Å². The number of β-lactam (4-membered cyclic amide) rings is 1. The number of carboxylic acid groups (broad SMARTS) is 1. The van der Waals surface area contributed by atoms with E-state index in [1.807, 2.05) is 12.1 Å². The first-order chi connectivity index (χ1) is 15.2.